The number of nitrogen functional groups attached to an aromatic ring is 1. The van der Waals surface area contributed by atoms with E-state index in [1.165, 1.54) is 36.2 Å². The van der Waals surface area contributed by atoms with E-state index >= 15 is 0 Å². The van der Waals surface area contributed by atoms with E-state index in [0.717, 1.165) is 12.2 Å². The molecule has 0 aliphatic carbocycles. The zero-order valence-electron chi connectivity index (χ0n) is 9.01. The molecule has 0 bridgehead atoms. The maximum absolute atomic E-state index is 5.94. The molecule has 0 radical (unpaired) electrons. The lowest BCUT2D eigenvalue weighted by Crippen LogP contribution is -2.36. The van der Waals surface area contributed by atoms with E-state index in [4.69, 9.17) is 5.73 Å². The SMILES string of the molecule is Cc1cc(CN2CCC2)cc(N)c1C. The molecule has 1 aliphatic rings. The van der Waals surface area contributed by atoms with Crippen molar-refractivity contribution in [2.24, 2.45) is 0 Å². The molecule has 0 saturated carbocycles. The summed E-state index contributed by atoms with van der Waals surface area (Å²) in [6, 6.07) is 4.37. The number of hydrogen-bond donors (Lipinski definition) is 1. The van der Waals surface area contributed by atoms with Crippen LogP contribution in [0, 0.1) is 13.8 Å². The van der Waals surface area contributed by atoms with Gasteiger partial charge in [0, 0.05) is 12.2 Å². The standard InChI is InChI=1S/C12H18N2/c1-9-6-11(7-12(13)10(9)2)8-14-4-3-5-14/h6-7H,3-5,8,13H2,1-2H3. The molecule has 2 nitrogen and oxygen atoms in total. The smallest absolute Gasteiger partial charge is 0.0349 e. The third-order valence-electron chi connectivity index (χ3n) is 3.12. The monoisotopic (exact) mass is 190 g/mol. The van der Waals surface area contributed by atoms with Gasteiger partial charge >= 0.3 is 0 Å². The zero-order valence-corrected chi connectivity index (χ0v) is 9.01. The maximum Gasteiger partial charge on any atom is 0.0349 e. The Kier molecular flexibility index (Phi) is 2.46. The van der Waals surface area contributed by atoms with E-state index in [9.17, 15) is 0 Å². The van der Waals surface area contributed by atoms with Crippen LogP contribution in [0.5, 0.6) is 0 Å². The summed E-state index contributed by atoms with van der Waals surface area (Å²) in [5, 5.41) is 0. The summed E-state index contributed by atoms with van der Waals surface area (Å²) in [5.74, 6) is 0. The van der Waals surface area contributed by atoms with Crippen LogP contribution in [-0.4, -0.2) is 18.0 Å². The van der Waals surface area contributed by atoms with Crippen molar-refractivity contribution in [3.05, 3.63) is 28.8 Å². The molecule has 76 valence electrons. The van der Waals surface area contributed by atoms with Crippen LogP contribution < -0.4 is 5.73 Å². The molecule has 1 aromatic carbocycles. The van der Waals surface area contributed by atoms with Crippen molar-refractivity contribution in [3.63, 3.8) is 0 Å². The van der Waals surface area contributed by atoms with E-state index in [-0.39, 0.29) is 0 Å². The quantitative estimate of drug-likeness (QED) is 0.724. The number of nitrogens with two attached hydrogens (primary N) is 1. The van der Waals surface area contributed by atoms with E-state index in [2.05, 4.69) is 30.9 Å². The second-order valence-electron chi connectivity index (χ2n) is 4.26. The van der Waals surface area contributed by atoms with Crippen molar-refractivity contribution in [3.8, 4) is 0 Å². The van der Waals surface area contributed by atoms with E-state index in [1.54, 1.807) is 0 Å². The van der Waals surface area contributed by atoms with Gasteiger partial charge in [0.15, 0.2) is 0 Å². The van der Waals surface area contributed by atoms with Crippen molar-refractivity contribution >= 4 is 5.69 Å². The van der Waals surface area contributed by atoms with Gasteiger partial charge in [0.05, 0.1) is 0 Å². The normalized spacial score (nSPS) is 16.7. The van der Waals surface area contributed by atoms with Crippen LogP contribution in [0.2, 0.25) is 0 Å². The first kappa shape index (κ1) is 9.53. The van der Waals surface area contributed by atoms with Crippen LogP contribution in [0.25, 0.3) is 0 Å². The number of nitrogens with zero attached hydrogens (tertiary/aromatic N) is 1. The van der Waals surface area contributed by atoms with Gasteiger partial charge in [-0.3, -0.25) is 4.90 Å². The Bertz CT molecular complexity index is 317. The number of aryl methyl sites for hydroxylation is 1. The number of anilines is 1. The molecule has 0 aromatic heterocycles. The van der Waals surface area contributed by atoms with Crippen molar-refractivity contribution < 1.29 is 0 Å². The molecule has 1 aliphatic heterocycles. The van der Waals surface area contributed by atoms with Gasteiger partial charge in [-0.1, -0.05) is 6.07 Å². The lowest BCUT2D eigenvalue weighted by molar-refractivity contribution is 0.172. The molecule has 0 atom stereocenters. The maximum atomic E-state index is 5.94. The topological polar surface area (TPSA) is 29.3 Å². The highest BCUT2D eigenvalue weighted by Gasteiger charge is 2.14. The molecule has 0 amide bonds. The van der Waals surface area contributed by atoms with Crippen molar-refractivity contribution in [2.45, 2.75) is 26.8 Å². The molecule has 1 fully saturated rings. The van der Waals surface area contributed by atoms with Crippen LogP contribution in [0.1, 0.15) is 23.1 Å². The highest BCUT2D eigenvalue weighted by Crippen LogP contribution is 2.20. The third-order valence-corrected chi connectivity index (χ3v) is 3.12. The van der Waals surface area contributed by atoms with Gasteiger partial charge in [-0.25, -0.2) is 0 Å². The first-order valence-corrected chi connectivity index (χ1v) is 5.25. The molecule has 14 heavy (non-hydrogen) atoms. The fraction of sp³-hybridized carbons (Fsp3) is 0.500. The Labute approximate surface area is 85.7 Å². The lowest BCUT2D eigenvalue weighted by atomic mass is 10.0. The Balaban J connectivity index is 2.17. The molecule has 2 rings (SSSR count). The second kappa shape index (κ2) is 3.62. The second-order valence-corrected chi connectivity index (χ2v) is 4.26. The van der Waals surface area contributed by atoms with E-state index < -0.39 is 0 Å². The van der Waals surface area contributed by atoms with Gasteiger partial charge in [-0.15, -0.1) is 0 Å². The summed E-state index contributed by atoms with van der Waals surface area (Å²) in [6.45, 7) is 7.76. The first-order chi connectivity index (χ1) is 6.66. The number of benzene rings is 1. The highest BCUT2D eigenvalue weighted by atomic mass is 15.2. The summed E-state index contributed by atoms with van der Waals surface area (Å²) in [4.78, 5) is 2.45. The minimum atomic E-state index is 0.931. The number of rotatable bonds is 2. The Morgan fingerprint density at radius 2 is 2.00 bits per heavy atom. The van der Waals surface area contributed by atoms with Gasteiger partial charge in [-0.2, -0.15) is 0 Å². The molecule has 1 heterocycles. The Morgan fingerprint density at radius 1 is 1.29 bits per heavy atom. The highest BCUT2D eigenvalue weighted by molar-refractivity contribution is 5.52. The average Bonchev–Trinajstić information content (AvgIpc) is 2.07. The molecule has 0 spiro atoms. The predicted molar refractivity (Wildman–Crippen MR) is 60.2 cm³/mol. The van der Waals surface area contributed by atoms with Gasteiger partial charge in [0.2, 0.25) is 0 Å². The minimum absolute atomic E-state index is 0.931. The summed E-state index contributed by atoms with van der Waals surface area (Å²) < 4.78 is 0. The summed E-state index contributed by atoms with van der Waals surface area (Å²) in [7, 11) is 0. The fourth-order valence-electron chi connectivity index (χ4n) is 1.85. The first-order valence-electron chi connectivity index (χ1n) is 5.25. The van der Waals surface area contributed by atoms with Gasteiger partial charge in [0.25, 0.3) is 0 Å². The summed E-state index contributed by atoms with van der Waals surface area (Å²) >= 11 is 0. The van der Waals surface area contributed by atoms with Crippen LogP contribution in [-0.2, 0) is 6.54 Å². The minimum Gasteiger partial charge on any atom is -0.398 e. The predicted octanol–water partition coefficient (Wildman–Crippen LogP) is 2.09. The van der Waals surface area contributed by atoms with E-state index in [0.29, 0.717) is 0 Å². The molecular formula is C12H18N2. The fourth-order valence-corrected chi connectivity index (χ4v) is 1.85. The molecule has 2 heteroatoms. The number of hydrogen-bond acceptors (Lipinski definition) is 2. The Morgan fingerprint density at radius 3 is 2.50 bits per heavy atom. The van der Waals surface area contributed by atoms with Crippen LogP contribution in [0.15, 0.2) is 12.1 Å². The molecule has 1 saturated heterocycles. The lowest BCUT2D eigenvalue weighted by Gasteiger charge is -2.30. The summed E-state index contributed by atoms with van der Waals surface area (Å²) in [5.41, 5.74) is 10.7. The zero-order chi connectivity index (χ0) is 10.1. The van der Waals surface area contributed by atoms with Gasteiger partial charge < -0.3 is 5.73 Å². The van der Waals surface area contributed by atoms with Crippen LogP contribution in [0.4, 0.5) is 5.69 Å². The molecule has 1 aromatic rings. The van der Waals surface area contributed by atoms with Crippen molar-refractivity contribution in [1.82, 2.24) is 4.90 Å². The summed E-state index contributed by atoms with van der Waals surface area (Å²) in [6.07, 6.45) is 1.35. The molecule has 2 N–H and O–H groups in total. The van der Waals surface area contributed by atoms with E-state index in [1.807, 2.05) is 0 Å². The average molecular weight is 190 g/mol. The van der Waals surface area contributed by atoms with Gasteiger partial charge in [-0.05, 0) is 56.1 Å². The third kappa shape index (κ3) is 1.75. The molecular weight excluding hydrogens is 172 g/mol. The molecule has 0 unspecified atom stereocenters. The van der Waals surface area contributed by atoms with Crippen LogP contribution >= 0.6 is 0 Å². The largest absolute Gasteiger partial charge is 0.398 e. The number of likely N-dealkylation sites (tertiary alicyclic amines) is 1. The Hall–Kier alpha value is -1.02. The van der Waals surface area contributed by atoms with Crippen LogP contribution in [0.3, 0.4) is 0 Å². The van der Waals surface area contributed by atoms with Gasteiger partial charge in [0.1, 0.15) is 0 Å². The van der Waals surface area contributed by atoms with Crippen molar-refractivity contribution in [2.75, 3.05) is 18.8 Å². The van der Waals surface area contributed by atoms with Crippen molar-refractivity contribution in [1.29, 1.82) is 0 Å².